The van der Waals surface area contributed by atoms with E-state index in [0.717, 1.165) is 12.2 Å². The first kappa shape index (κ1) is 18.9. The van der Waals surface area contributed by atoms with E-state index in [1.54, 1.807) is 25.3 Å². The normalized spacial score (nSPS) is 16.3. The number of carbonyl (C=O) groups excluding carboxylic acids is 1. The fourth-order valence-electron chi connectivity index (χ4n) is 2.81. The van der Waals surface area contributed by atoms with Crippen molar-refractivity contribution in [3.63, 3.8) is 0 Å². The van der Waals surface area contributed by atoms with Crippen LogP contribution in [0.3, 0.4) is 0 Å². The number of ether oxygens (including phenoxy) is 4. The molecule has 1 N–H and O–H groups in total. The van der Waals surface area contributed by atoms with Crippen molar-refractivity contribution < 1.29 is 23.7 Å². The Kier molecular flexibility index (Phi) is 6.06. The summed E-state index contributed by atoms with van der Waals surface area (Å²) in [7, 11) is 1.56. The number of para-hydroxylation sites is 2. The van der Waals surface area contributed by atoms with Crippen molar-refractivity contribution in [1.82, 2.24) is 5.32 Å². The number of methoxy groups -OCH3 is 1. The first-order chi connectivity index (χ1) is 13.1. The van der Waals surface area contributed by atoms with Crippen LogP contribution < -0.4 is 24.3 Å². The average molecular weight is 371 g/mol. The minimum atomic E-state index is -0.266. The first-order valence-corrected chi connectivity index (χ1v) is 9.12. The highest BCUT2D eigenvalue weighted by Crippen LogP contribution is 2.32. The standard InChI is InChI=1S/C21H25NO5/c1-4-11-25-17-10-9-15(12-19(17)24-3)21(23)22-14(2)20-13-26-16-7-5-6-8-18(16)27-20/h5-10,12,14,20H,4,11,13H2,1-3H3,(H,22,23)/t14-,20-/m1/s1. The van der Waals surface area contributed by atoms with Gasteiger partial charge in [0.05, 0.1) is 19.8 Å². The van der Waals surface area contributed by atoms with Gasteiger partial charge in [0, 0.05) is 5.56 Å². The van der Waals surface area contributed by atoms with Crippen LogP contribution >= 0.6 is 0 Å². The van der Waals surface area contributed by atoms with Crippen molar-refractivity contribution in [2.24, 2.45) is 0 Å². The van der Waals surface area contributed by atoms with Gasteiger partial charge >= 0.3 is 0 Å². The molecule has 0 bridgehead atoms. The smallest absolute Gasteiger partial charge is 0.251 e. The van der Waals surface area contributed by atoms with Crippen LogP contribution in [0.5, 0.6) is 23.0 Å². The lowest BCUT2D eigenvalue weighted by Crippen LogP contribution is -2.48. The fourth-order valence-corrected chi connectivity index (χ4v) is 2.81. The molecule has 2 atom stereocenters. The van der Waals surface area contributed by atoms with Crippen molar-refractivity contribution in [3.8, 4) is 23.0 Å². The molecule has 0 saturated heterocycles. The average Bonchev–Trinajstić information content (AvgIpc) is 2.71. The lowest BCUT2D eigenvalue weighted by molar-refractivity contribution is 0.0606. The van der Waals surface area contributed by atoms with Gasteiger partial charge in [-0.05, 0) is 43.7 Å². The second-order valence-corrected chi connectivity index (χ2v) is 6.39. The van der Waals surface area contributed by atoms with E-state index < -0.39 is 0 Å². The van der Waals surface area contributed by atoms with Crippen LogP contribution in [0.25, 0.3) is 0 Å². The maximum atomic E-state index is 12.6. The zero-order valence-electron chi connectivity index (χ0n) is 15.9. The summed E-state index contributed by atoms with van der Waals surface area (Å²) in [6.45, 7) is 4.91. The van der Waals surface area contributed by atoms with Gasteiger partial charge < -0.3 is 24.3 Å². The number of amides is 1. The summed E-state index contributed by atoms with van der Waals surface area (Å²) in [6, 6.07) is 12.4. The van der Waals surface area contributed by atoms with Gasteiger partial charge in [0.1, 0.15) is 6.61 Å². The number of benzene rings is 2. The van der Waals surface area contributed by atoms with Crippen molar-refractivity contribution in [2.45, 2.75) is 32.4 Å². The molecule has 0 radical (unpaired) electrons. The third-order valence-corrected chi connectivity index (χ3v) is 4.33. The number of carbonyl (C=O) groups is 1. The zero-order chi connectivity index (χ0) is 19.2. The summed E-state index contributed by atoms with van der Waals surface area (Å²) < 4.78 is 22.6. The topological polar surface area (TPSA) is 66.0 Å². The molecule has 0 saturated carbocycles. The maximum Gasteiger partial charge on any atom is 0.251 e. The van der Waals surface area contributed by atoms with Crippen molar-refractivity contribution >= 4 is 5.91 Å². The Balaban J connectivity index is 1.64. The SMILES string of the molecule is CCCOc1ccc(C(=O)N[C@H](C)[C@H]2COc3ccccc3O2)cc1OC. The van der Waals surface area contributed by atoms with E-state index in [0.29, 0.717) is 36.0 Å². The highest BCUT2D eigenvalue weighted by Gasteiger charge is 2.27. The Morgan fingerprint density at radius 1 is 1.22 bits per heavy atom. The van der Waals surface area contributed by atoms with E-state index in [4.69, 9.17) is 18.9 Å². The highest BCUT2D eigenvalue weighted by atomic mass is 16.6. The Morgan fingerprint density at radius 3 is 2.74 bits per heavy atom. The van der Waals surface area contributed by atoms with Gasteiger partial charge in [0.15, 0.2) is 29.1 Å². The summed E-state index contributed by atoms with van der Waals surface area (Å²) in [4.78, 5) is 12.6. The quantitative estimate of drug-likeness (QED) is 0.808. The van der Waals surface area contributed by atoms with Gasteiger partial charge in [-0.3, -0.25) is 4.79 Å². The van der Waals surface area contributed by atoms with Crippen LogP contribution in [-0.4, -0.2) is 38.4 Å². The molecule has 1 aliphatic heterocycles. The first-order valence-electron chi connectivity index (χ1n) is 9.12. The van der Waals surface area contributed by atoms with Gasteiger partial charge in [0.25, 0.3) is 5.91 Å². The molecule has 0 spiro atoms. The van der Waals surface area contributed by atoms with E-state index in [1.165, 1.54) is 0 Å². The Labute approximate surface area is 159 Å². The molecule has 0 fully saturated rings. The zero-order valence-corrected chi connectivity index (χ0v) is 15.9. The molecule has 2 aromatic rings. The maximum absolute atomic E-state index is 12.6. The van der Waals surface area contributed by atoms with E-state index in [1.807, 2.05) is 38.1 Å². The number of fused-ring (bicyclic) bond motifs is 1. The molecule has 0 aliphatic carbocycles. The minimum Gasteiger partial charge on any atom is -0.493 e. The van der Waals surface area contributed by atoms with E-state index >= 15 is 0 Å². The van der Waals surface area contributed by atoms with Crippen LogP contribution in [0.2, 0.25) is 0 Å². The fraction of sp³-hybridized carbons (Fsp3) is 0.381. The predicted octanol–water partition coefficient (Wildman–Crippen LogP) is 3.44. The molecular weight excluding hydrogens is 346 g/mol. The molecule has 2 aromatic carbocycles. The summed E-state index contributed by atoms with van der Waals surface area (Å²) in [5, 5.41) is 2.97. The summed E-state index contributed by atoms with van der Waals surface area (Å²) in [5.41, 5.74) is 0.500. The number of hydrogen-bond donors (Lipinski definition) is 1. The number of nitrogens with one attached hydrogen (secondary N) is 1. The molecule has 144 valence electrons. The molecule has 3 rings (SSSR count). The van der Waals surface area contributed by atoms with Crippen molar-refractivity contribution in [1.29, 1.82) is 0 Å². The second-order valence-electron chi connectivity index (χ2n) is 6.39. The molecule has 1 amide bonds. The summed E-state index contributed by atoms with van der Waals surface area (Å²) in [5.74, 6) is 2.37. The van der Waals surface area contributed by atoms with Crippen molar-refractivity contribution in [3.05, 3.63) is 48.0 Å². The van der Waals surface area contributed by atoms with E-state index in [9.17, 15) is 4.79 Å². The number of hydrogen-bond acceptors (Lipinski definition) is 5. The molecule has 0 aromatic heterocycles. The van der Waals surface area contributed by atoms with Gasteiger partial charge in [-0.1, -0.05) is 19.1 Å². The van der Waals surface area contributed by atoms with E-state index in [-0.39, 0.29) is 18.1 Å². The summed E-state index contributed by atoms with van der Waals surface area (Å²) >= 11 is 0. The number of rotatable bonds is 7. The van der Waals surface area contributed by atoms with Gasteiger partial charge in [-0.25, -0.2) is 0 Å². The predicted molar refractivity (Wildman–Crippen MR) is 102 cm³/mol. The van der Waals surface area contributed by atoms with Crippen LogP contribution in [0, 0.1) is 0 Å². The van der Waals surface area contributed by atoms with Crippen molar-refractivity contribution in [2.75, 3.05) is 20.3 Å². The van der Waals surface area contributed by atoms with Gasteiger partial charge in [0.2, 0.25) is 0 Å². The van der Waals surface area contributed by atoms with Gasteiger partial charge in [-0.2, -0.15) is 0 Å². The Bertz CT molecular complexity index is 792. The molecule has 6 heteroatoms. The lowest BCUT2D eigenvalue weighted by Gasteiger charge is -2.30. The van der Waals surface area contributed by atoms with Crippen LogP contribution in [-0.2, 0) is 0 Å². The third-order valence-electron chi connectivity index (χ3n) is 4.33. The lowest BCUT2D eigenvalue weighted by atomic mass is 10.1. The molecule has 6 nitrogen and oxygen atoms in total. The monoisotopic (exact) mass is 371 g/mol. The Morgan fingerprint density at radius 2 is 2.00 bits per heavy atom. The minimum absolute atomic E-state index is 0.203. The second kappa shape index (κ2) is 8.66. The van der Waals surface area contributed by atoms with Crippen LogP contribution in [0.15, 0.2) is 42.5 Å². The molecule has 1 aliphatic rings. The van der Waals surface area contributed by atoms with Gasteiger partial charge in [-0.15, -0.1) is 0 Å². The van der Waals surface area contributed by atoms with Crippen LogP contribution in [0.1, 0.15) is 30.6 Å². The van der Waals surface area contributed by atoms with E-state index in [2.05, 4.69) is 5.32 Å². The molecule has 27 heavy (non-hydrogen) atoms. The molecule has 0 unspecified atom stereocenters. The largest absolute Gasteiger partial charge is 0.493 e. The van der Waals surface area contributed by atoms with Crippen LogP contribution in [0.4, 0.5) is 0 Å². The molecule has 1 heterocycles. The third kappa shape index (κ3) is 4.45. The Hall–Kier alpha value is -2.89. The highest BCUT2D eigenvalue weighted by molar-refractivity contribution is 5.95. The molecular formula is C21H25NO5. The summed E-state index contributed by atoms with van der Waals surface area (Å²) in [6.07, 6.45) is 0.632.